The van der Waals surface area contributed by atoms with Crippen LogP contribution in [0.25, 0.3) is 11.0 Å². The maximum absolute atomic E-state index is 11.7. The summed E-state index contributed by atoms with van der Waals surface area (Å²) < 4.78 is 12.9. The summed E-state index contributed by atoms with van der Waals surface area (Å²) in [5, 5.41) is 11.4. The number of carbonyl (C=O) groups excluding carboxylic acids is 1. The van der Waals surface area contributed by atoms with Gasteiger partial charge in [0, 0.05) is 19.0 Å². The number of ether oxygens (including phenoxy) is 2. The van der Waals surface area contributed by atoms with Gasteiger partial charge in [-0.2, -0.15) is 0 Å². The van der Waals surface area contributed by atoms with Crippen LogP contribution in [0.3, 0.4) is 0 Å². The molecule has 3 rings (SSSR count). The van der Waals surface area contributed by atoms with Crippen molar-refractivity contribution in [2.45, 2.75) is 25.5 Å². The zero-order chi connectivity index (χ0) is 17.1. The number of amides is 1. The number of hydrogen-bond donors (Lipinski definition) is 2. The van der Waals surface area contributed by atoms with Crippen LogP contribution in [0.4, 0.5) is 0 Å². The van der Waals surface area contributed by atoms with Crippen molar-refractivity contribution in [3.63, 3.8) is 0 Å². The molecule has 2 heterocycles. The molecule has 0 aliphatic carbocycles. The third kappa shape index (κ3) is 3.33. The van der Waals surface area contributed by atoms with Crippen LogP contribution in [0, 0.1) is 0 Å². The molecule has 0 saturated heterocycles. The Bertz CT molecular complexity index is 770. The summed E-state index contributed by atoms with van der Waals surface area (Å²) in [6, 6.07) is 5.56. The second kappa shape index (κ2) is 6.88. The standard InChI is InChI=1S/C16H19N3O5/c1-23-11-2-3-12-13(6-11)19-10(8-24-9-14(19)18-12)7-17-15(20)4-5-16(21)22/h2-3,6,10H,4-5,7-9H2,1H3,(H,17,20)(H,21,22)/t10-/m0/s1. The molecule has 0 spiro atoms. The average Bonchev–Trinajstić information content (AvgIpc) is 2.96. The molecule has 0 unspecified atom stereocenters. The van der Waals surface area contributed by atoms with E-state index in [2.05, 4.69) is 14.9 Å². The van der Waals surface area contributed by atoms with Crippen molar-refractivity contribution in [3.8, 4) is 5.75 Å². The highest BCUT2D eigenvalue weighted by molar-refractivity contribution is 5.81. The van der Waals surface area contributed by atoms with Crippen molar-refractivity contribution < 1.29 is 24.2 Å². The van der Waals surface area contributed by atoms with E-state index in [0.717, 1.165) is 22.6 Å². The Hall–Kier alpha value is -2.61. The minimum absolute atomic E-state index is 0.0335. The predicted octanol–water partition coefficient (Wildman–Crippen LogP) is 1.10. The highest BCUT2D eigenvalue weighted by Gasteiger charge is 2.24. The van der Waals surface area contributed by atoms with Crippen molar-refractivity contribution in [2.75, 3.05) is 20.3 Å². The lowest BCUT2D eigenvalue weighted by Crippen LogP contribution is -2.35. The van der Waals surface area contributed by atoms with E-state index in [1.54, 1.807) is 7.11 Å². The fourth-order valence-electron chi connectivity index (χ4n) is 2.81. The summed E-state index contributed by atoms with van der Waals surface area (Å²) in [6.07, 6.45) is -0.211. The van der Waals surface area contributed by atoms with Gasteiger partial charge in [0.2, 0.25) is 5.91 Å². The maximum atomic E-state index is 11.7. The topological polar surface area (TPSA) is 103 Å². The number of imidazole rings is 1. The zero-order valence-electron chi connectivity index (χ0n) is 13.3. The number of aliphatic carboxylic acids is 1. The first-order valence-corrected chi connectivity index (χ1v) is 7.69. The number of aromatic nitrogens is 2. The minimum atomic E-state index is -0.985. The van der Waals surface area contributed by atoms with Crippen LogP contribution in [0.1, 0.15) is 24.7 Å². The predicted molar refractivity (Wildman–Crippen MR) is 84.9 cm³/mol. The van der Waals surface area contributed by atoms with Crippen molar-refractivity contribution in [1.82, 2.24) is 14.9 Å². The van der Waals surface area contributed by atoms with Gasteiger partial charge in [-0.05, 0) is 12.1 Å². The normalized spacial score (nSPS) is 16.6. The summed E-state index contributed by atoms with van der Waals surface area (Å²) >= 11 is 0. The lowest BCUT2D eigenvalue weighted by molar-refractivity contribution is -0.138. The van der Waals surface area contributed by atoms with Gasteiger partial charge in [0.15, 0.2) is 0 Å². The summed E-state index contributed by atoms with van der Waals surface area (Å²) in [6.45, 7) is 1.23. The number of benzene rings is 1. The summed E-state index contributed by atoms with van der Waals surface area (Å²) in [7, 11) is 1.61. The molecule has 2 aromatic rings. The fraction of sp³-hybridized carbons (Fsp3) is 0.438. The number of carboxylic acid groups (broad SMARTS) is 1. The number of methoxy groups -OCH3 is 1. The first-order chi connectivity index (χ1) is 11.6. The van der Waals surface area contributed by atoms with Gasteiger partial charge in [0.05, 0.1) is 37.2 Å². The Morgan fingerprint density at radius 2 is 2.29 bits per heavy atom. The van der Waals surface area contributed by atoms with Crippen LogP contribution in [0.5, 0.6) is 5.75 Å². The molecule has 1 aliphatic heterocycles. The second-order valence-corrected chi connectivity index (χ2v) is 5.62. The number of nitrogens with zero attached hydrogens (tertiary/aromatic N) is 2. The average molecular weight is 333 g/mol. The van der Waals surface area contributed by atoms with Gasteiger partial charge < -0.3 is 24.5 Å². The Labute approximate surface area is 138 Å². The van der Waals surface area contributed by atoms with Crippen LogP contribution >= 0.6 is 0 Å². The van der Waals surface area contributed by atoms with E-state index in [-0.39, 0.29) is 24.8 Å². The van der Waals surface area contributed by atoms with E-state index in [0.29, 0.717) is 19.8 Å². The third-order valence-electron chi connectivity index (χ3n) is 3.98. The Kier molecular flexibility index (Phi) is 4.66. The molecule has 128 valence electrons. The highest BCUT2D eigenvalue weighted by Crippen LogP contribution is 2.28. The largest absolute Gasteiger partial charge is 0.497 e. The second-order valence-electron chi connectivity index (χ2n) is 5.62. The van der Waals surface area contributed by atoms with Crippen molar-refractivity contribution in [2.24, 2.45) is 0 Å². The number of hydrogen-bond acceptors (Lipinski definition) is 5. The molecular weight excluding hydrogens is 314 g/mol. The molecule has 1 aliphatic rings. The van der Waals surface area contributed by atoms with Crippen molar-refractivity contribution in [3.05, 3.63) is 24.0 Å². The SMILES string of the molecule is COc1ccc2nc3n(c2c1)[C@@H](CNC(=O)CCC(=O)O)COC3. The number of carbonyl (C=O) groups is 2. The molecule has 0 fully saturated rings. The molecule has 0 bridgehead atoms. The first kappa shape index (κ1) is 16.3. The Morgan fingerprint density at radius 1 is 1.46 bits per heavy atom. The van der Waals surface area contributed by atoms with Gasteiger partial charge in [0.25, 0.3) is 0 Å². The van der Waals surface area contributed by atoms with E-state index < -0.39 is 5.97 Å². The van der Waals surface area contributed by atoms with Gasteiger partial charge in [-0.3, -0.25) is 9.59 Å². The van der Waals surface area contributed by atoms with Gasteiger partial charge in [-0.1, -0.05) is 0 Å². The number of carboxylic acids is 1. The monoisotopic (exact) mass is 333 g/mol. The number of nitrogens with one attached hydrogen (secondary N) is 1. The summed E-state index contributed by atoms with van der Waals surface area (Å²) in [4.78, 5) is 26.8. The van der Waals surface area contributed by atoms with Gasteiger partial charge in [-0.25, -0.2) is 4.98 Å². The minimum Gasteiger partial charge on any atom is -0.497 e. The van der Waals surface area contributed by atoms with Crippen LogP contribution < -0.4 is 10.1 Å². The molecule has 8 heteroatoms. The molecule has 1 aromatic heterocycles. The van der Waals surface area contributed by atoms with Crippen molar-refractivity contribution in [1.29, 1.82) is 0 Å². The maximum Gasteiger partial charge on any atom is 0.303 e. The molecule has 1 atom stereocenters. The van der Waals surface area contributed by atoms with Crippen molar-refractivity contribution >= 4 is 22.9 Å². The lowest BCUT2D eigenvalue weighted by atomic mass is 10.2. The van der Waals surface area contributed by atoms with E-state index in [4.69, 9.17) is 14.6 Å². The molecule has 8 nitrogen and oxygen atoms in total. The van der Waals surface area contributed by atoms with Crippen LogP contribution in [-0.2, 0) is 20.9 Å². The molecular formula is C16H19N3O5. The molecule has 1 aromatic carbocycles. The van der Waals surface area contributed by atoms with Gasteiger partial charge in [-0.15, -0.1) is 0 Å². The molecule has 1 amide bonds. The van der Waals surface area contributed by atoms with E-state index in [9.17, 15) is 9.59 Å². The Morgan fingerprint density at radius 3 is 3.04 bits per heavy atom. The smallest absolute Gasteiger partial charge is 0.303 e. The quantitative estimate of drug-likeness (QED) is 0.820. The molecule has 2 N–H and O–H groups in total. The summed E-state index contributed by atoms with van der Waals surface area (Å²) in [5.74, 6) is 0.267. The number of fused-ring (bicyclic) bond motifs is 3. The zero-order valence-corrected chi connectivity index (χ0v) is 13.3. The number of rotatable bonds is 6. The van der Waals surface area contributed by atoms with Crippen LogP contribution in [0.2, 0.25) is 0 Å². The first-order valence-electron chi connectivity index (χ1n) is 7.69. The van der Waals surface area contributed by atoms with Gasteiger partial charge >= 0.3 is 5.97 Å². The Balaban J connectivity index is 1.78. The van der Waals surface area contributed by atoms with Crippen LogP contribution in [-0.4, -0.2) is 46.8 Å². The molecule has 24 heavy (non-hydrogen) atoms. The molecule has 0 radical (unpaired) electrons. The van der Waals surface area contributed by atoms with E-state index >= 15 is 0 Å². The van der Waals surface area contributed by atoms with Gasteiger partial charge in [0.1, 0.15) is 18.2 Å². The van der Waals surface area contributed by atoms with E-state index in [1.807, 2.05) is 18.2 Å². The van der Waals surface area contributed by atoms with Crippen LogP contribution in [0.15, 0.2) is 18.2 Å². The fourth-order valence-corrected chi connectivity index (χ4v) is 2.81. The van der Waals surface area contributed by atoms with E-state index in [1.165, 1.54) is 0 Å². The summed E-state index contributed by atoms with van der Waals surface area (Å²) in [5.41, 5.74) is 1.77. The molecule has 0 saturated carbocycles. The highest BCUT2D eigenvalue weighted by atomic mass is 16.5. The third-order valence-corrected chi connectivity index (χ3v) is 3.98. The lowest BCUT2D eigenvalue weighted by Gasteiger charge is -2.26.